The Bertz CT molecular complexity index is 809. The molecule has 2 aromatic rings. The highest BCUT2D eigenvalue weighted by Crippen LogP contribution is 2.37. The number of nitrogens with one attached hydrogen (secondary N) is 1. The van der Waals surface area contributed by atoms with Gasteiger partial charge in [-0.1, -0.05) is 5.21 Å². The molecule has 7 nitrogen and oxygen atoms in total. The Morgan fingerprint density at radius 3 is 2.89 bits per heavy atom. The Labute approximate surface area is 163 Å². The summed E-state index contributed by atoms with van der Waals surface area (Å²) >= 11 is 0. The zero-order valence-electron chi connectivity index (χ0n) is 16.1. The smallest absolute Gasteiger partial charge is 0.224 e. The van der Waals surface area contributed by atoms with Crippen LogP contribution in [0, 0.1) is 17.7 Å². The van der Waals surface area contributed by atoms with Crippen LogP contribution in [0.5, 0.6) is 0 Å². The second kappa shape index (κ2) is 8.36. The van der Waals surface area contributed by atoms with Gasteiger partial charge in [0, 0.05) is 31.8 Å². The number of amides is 1. The molecule has 1 N–H and O–H groups in total. The highest BCUT2D eigenvalue weighted by molar-refractivity contribution is 5.79. The van der Waals surface area contributed by atoms with Crippen molar-refractivity contribution in [3.63, 3.8) is 0 Å². The molecule has 1 aromatic heterocycles. The van der Waals surface area contributed by atoms with Gasteiger partial charge in [0.1, 0.15) is 11.5 Å². The fraction of sp³-hybridized carbons (Fsp3) is 0.550. The first-order chi connectivity index (χ1) is 13.6. The fourth-order valence-electron chi connectivity index (χ4n) is 4.39. The van der Waals surface area contributed by atoms with Crippen molar-refractivity contribution in [3.8, 4) is 11.3 Å². The summed E-state index contributed by atoms with van der Waals surface area (Å²) < 4.78 is 20.0. The van der Waals surface area contributed by atoms with Crippen LogP contribution < -0.4 is 5.32 Å². The number of fused-ring (bicyclic) bond motifs is 3. The number of nitrogens with zero attached hydrogens (tertiary/aromatic N) is 4. The molecule has 8 heteroatoms. The van der Waals surface area contributed by atoms with Crippen molar-refractivity contribution in [1.29, 1.82) is 0 Å². The molecule has 4 heterocycles. The summed E-state index contributed by atoms with van der Waals surface area (Å²) in [5, 5.41) is 11.5. The number of halogens is 1. The summed E-state index contributed by atoms with van der Waals surface area (Å²) in [5.74, 6) is 0.359. The molecule has 5 rings (SSSR count). The molecule has 0 radical (unpaired) electrons. The number of carbonyl (C=O) groups is 1. The summed E-state index contributed by atoms with van der Waals surface area (Å²) in [6.07, 6.45) is 3.97. The SMILES string of the molecule is COCCNC(=O)[C@H]1CN2CCC1C[C@@H]2Cn1cc(-c2ccc(F)cc2)nn1. The lowest BCUT2D eigenvalue weighted by Gasteiger charge is -2.49. The van der Waals surface area contributed by atoms with Crippen LogP contribution in [0.25, 0.3) is 11.3 Å². The van der Waals surface area contributed by atoms with Crippen LogP contribution in [0.3, 0.4) is 0 Å². The fourth-order valence-corrected chi connectivity index (χ4v) is 4.39. The van der Waals surface area contributed by atoms with Crippen LogP contribution in [0.2, 0.25) is 0 Å². The third kappa shape index (κ3) is 4.07. The van der Waals surface area contributed by atoms with Gasteiger partial charge in [0.2, 0.25) is 5.91 Å². The van der Waals surface area contributed by atoms with Gasteiger partial charge in [0.15, 0.2) is 0 Å². The van der Waals surface area contributed by atoms with Gasteiger partial charge in [-0.15, -0.1) is 5.10 Å². The molecule has 0 aliphatic carbocycles. The zero-order chi connectivity index (χ0) is 19.5. The third-order valence-electron chi connectivity index (χ3n) is 5.90. The van der Waals surface area contributed by atoms with Crippen LogP contribution in [-0.2, 0) is 16.1 Å². The van der Waals surface area contributed by atoms with E-state index in [1.165, 1.54) is 12.1 Å². The Balaban J connectivity index is 1.36. The largest absolute Gasteiger partial charge is 0.383 e. The normalized spacial score (nSPS) is 26.4. The van der Waals surface area contributed by atoms with E-state index in [1.807, 2.05) is 10.9 Å². The van der Waals surface area contributed by atoms with E-state index in [0.717, 1.165) is 43.7 Å². The molecule has 150 valence electrons. The minimum Gasteiger partial charge on any atom is -0.383 e. The molecule has 2 unspecified atom stereocenters. The lowest BCUT2D eigenvalue weighted by molar-refractivity contribution is -0.133. The van der Waals surface area contributed by atoms with Crippen molar-refractivity contribution in [2.24, 2.45) is 11.8 Å². The average molecular weight is 387 g/mol. The first-order valence-electron chi connectivity index (χ1n) is 9.81. The standard InChI is InChI=1S/C20H26FN5O2/c1-28-9-7-22-20(27)18-12-25-8-6-15(18)10-17(25)11-26-13-19(23-24-26)14-2-4-16(21)5-3-14/h2-5,13,15,17-18H,6-12H2,1H3,(H,22,27)/t15?,17-,18+/m1/s1. The summed E-state index contributed by atoms with van der Waals surface area (Å²) in [6.45, 7) is 3.68. The molecule has 3 aliphatic rings. The summed E-state index contributed by atoms with van der Waals surface area (Å²) in [5.41, 5.74) is 1.59. The van der Waals surface area contributed by atoms with E-state index in [2.05, 4.69) is 20.5 Å². The molecule has 0 saturated carbocycles. The molecule has 0 spiro atoms. The maximum atomic E-state index is 13.1. The Morgan fingerprint density at radius 1 is 1.36 bits per heavy atom. The number of methoxy groups -OCH3 is 1. The molecule has 28 heavy (non-hydrogen) atoms. The maximum Gasteiger partial charge on any atom is 0.224 e. The molecular formula is C20H26FN5O2. The monoisotopic (exact) mass is 387 g/mol. The van der Waals surface area contributed by atoms with Gasteiger partial charge in [-0.3, -0.25) is 14.4 Å². The quantitative estimate of drug-likeness (QED) is 0.730. The molecule has 2 bridgehead atoms. The Hall–Kier alpha value is -2.32. The van der Waals surface area contributed by atoms with Gasteiger partial charge in [0.05, 0.1) is 25.3 Å². The minimum atomic E-state index is -0.261. The van der Waals surface area contributed by atoms with E-state index in [4.69, 9.17) is 4.74 Å². The van der Waals surface area contributed by atoms with Crippen molar-refractivity contribution in [1.82, 2.24) is 25.2 Å². The molecular weight excluding hydrogens is 361 g/mol. The zero-order valence-corrected chi connectivity index (χ0v) is 16.1. The second-order valence-corrected chi connectivity index (χ2v) is 7.66. The molecule has 1 amide bonds. The molecule has 3 saturated heterocycles. The van der Waals surface area contributed by atoms with E-state index < -0.39 is 0 Å². The Morgan fingerprint density at radius 2 is 2.18 bits per heavy atom. The van der Waals surface area contributed by atoms with Crippen molar-refractivity contribution in [2.45, 2.75) is 25.4 Å². The lowest BCUT2D eigenvalue weighted by Crippen LogP contribution is -2.58. The van der Waals surface area contributed by atoms with Crippen molar-refractivity contribution in [2.75, 3.05) is 33.4 Å². The first kappa shape index (κ1) is 19.0. The van der Waals surface area contributed by atoms with Crippen LogP contribution in [0.15, 0.2) is 30.5 Å². The number of ether oxygens (including phenoxy) is 1. The van der Waals surface area contributed by atoms with E-state index >= 15 is 0 Å². The summed E-state index contributed by atoms with van der Waals surface area (Å²) in [7, 11) is 1.64. The molecule has 3 aliphatic heterocycles. The van der Waals surface area contributed by atoms with E-state index in [1.54, 1.807) is 19.2 Å². The van der Waals surface area contributed by atoms with E-state index in [-0.39, 0.29) is 17.6 Å². The topological polar surface area (TPSA) is 72.3 Å². The van der Waals surface area contributed by atoms with Crippen molar-refractivity contribution in [3.05, 3.63) is 36.3 Å². The third-order valence-corrected chi connectivity index (χ3v) is 5.90. The highest BCUT2D eigenvalue weighted by Gasteiger charge is 2.43. The minimum absolute atomic E-state index is 0.0624. The van der Waals surface area contributed by atoms with Gasteiger partial charge < -0.3 is 10.1 Å². The summed E-state index contributed by atoms with van der Waals surface area (Å²) in [4.78, 5) is 14.9. The van der Waals surface area contributed by atoms with Crippen molar-refractivity contribution < 1.29 is 13.9 Å². The number of rotatable bonds is 7. The number of carbonyl (C=O) groups excluding carboxylic acids is 1. The van der Waals surface area contributed by atoms with Crippen molar-refractivity contribution >= 4 is 5.91 Å². The highest BCUT2D eigenvalue weighted by atomic mass is 19.1. The van der Waals surface area contributed by atoms with Gasteiger partial charge in [-0.25, -0.2) is 4.39 Å². The maximum absolute atomic E-state index is 13.1. The van der Waals surface area contributed by atoms with Gasteiger partial charge in [-0.05, 0) is 49.6 Å². The second-order valence-electron chi connectivity index (χ2n) is 7.66. The number of hydrogen-bond donors (Lipinski definition) is 1. The van der Waals surface area contributed by atoms with Crippen LogP contribution in [0.1, 0.15) is 12.8 Å². The van der Waals surface area contributed by atoms with Crippen LogP contribution >= 0.6 is 0 Å². The predicted octanol–water partition coefficient (Wildman–Crippen LogP) is 1.56. The van der Waals surface area contributed by atoms with E-state index in [9.17, 15) is 9.18 Å². The lowest BCUT2D eigenvalue weighted by atomic mass is 9.75. The van der Waals surface area contributed by atoms with Gasteiger partial charge in [-0.2, -0.15) is 0 Å². The van der Waals surface area contributed by atoms with Gasteiger partial charge >= 0.3 is 0 Å². The average Bonchev–Trinajstić information content (AvgIpc) is 3.17. The number of benzene rings is 1. The molecule has 4 atom stereocenters. The van der Waals surface area contributed by atoms with Gasteiger partial charge in [0.25, 0.3) is 0 Å². The van der Waals surface area contributed by atoms with Crippen LogP contribution in [0.4, 0.5) is 4.39 Å². The molecule has 3 fully saturated rings. The number of piperidine rings is 3. The molecule has 1 aromatic carbocycles. The number of hydrogen-bond acceptors (Lipinski definition) is 5. The van der Waals surface area contributed by atoms with Crippen LogP contribution in [-0.4, -0.2) is 65.2 Å². The number of aromatic nitrogens is 3. The summed E-state index contributed by atoms with van der Waals surface area (Å²) in [6, 6.07) is 6.64. The van der Waals surface area contributed by atoms with E-state index in [0.29, 0.717) is 25.1 Å². The predicted molar refractivity (Wildman–Crippen MR) is 102 cm³/mol. The first-order valence-corrected chi connectivity index (χ1v) is 9.81. The Kier molecular flexibility index (Phi) is 5.68.